The highest BCUT2D eigenvalue weighted by Crippen LogP contribution is 2.28. The lowest BCUT2D eigenvalue weighted by Gasteiger charge is -2.24. The molecule has 0 aromatic heterocycles. The molecular weight excluding hydrogens is 237 g/mol. The van der Waals surface area contributed by atoms with Crippen LogP contribution >= 0.6 is 0 Å². The Kier molecular flexibility index (Phi) is 3.63. The van der Waals surface area contributed by atoms with Gasteiger partial charge in [0.05, 0.1) is 0 Å². The Balaban J connectivity index is 1.98. The number of halogens is 1. The number of rotatable bonds is 4. The summed E-state index contributed by atoms with van der Waals surface area (Å²) in [6.07, 6.45) is -2.08. The van der Waals surface area contributed by atoms with Crippen molar-refractivity contribution in [1.29, 1.82) is 0 Å². The minimum absolute atomic E-state index is 0.0510. The molecule has 1 aliphatic heterocycles. The summed E-state index contributed by atoms with van der Waals surface area (Å²) in [5, 5.41) is 18.6. The van der Waals surface area contributed by atoms with Crippen molar-refractivity contribution in [2.75, 3.05) is 13.1 Å². The Morgan fingerprint density at radius 2 is 2.11 bits per heavy atom. The number of aliphatic hydroxyl groups is 1. The molecule has 0 spiro atoms. The highest BCUT2D eigenvalue weighted by atomic mass is 19.1. The van der Waals surface area contributed by atoms with Crippen molar-refractivity contribution in [1.82, 2.24) is 4.90 Å². The second-order valence-corrected chi connectivity index (χ2v) is 4.75. The van der Waals surface area contributed by atoms with Crippen molar-refractivity contribution in [3.8, 4) is 0 Å². The van der Waals surface area contributed by atoms with Crippen molar-refractivity contribution in [3.63, 3.8) is 0 Å². The molecule has 1 aromatic rings. The number of carboxylic acids is 1. The van der Waals surface area contributed by atoms with Crippen LogP contribution in [0.2, 0.25) is 0 Å². The number of alkyl halides is 1. The Morgan fingerprint density at radius 3 is 2.72 bits per heavy atom. The summed E-state index contributed by atoms with van der Waals surface area (Å²) in [6, 6.07) is 9.62. The maximum atomic E-state index is 13.5. The highest BCUT2D eigenvalue weighted by molar-refractivity contribution is 5.74. The number of hydrogen-bond acceptors (Lipinski definition) is 3. The van der Waals surface area contributed by atoms with Gasteiger partial charge in [-0.05, 0) is 12.0 Å². The van der Waals surface area contributed by atoms with Gasteiger partial charge in [-0.2, -0.15) is 0 Å². The molecule has 2 unspecified atom stereocenters. The molecule has 0 amide bonds. The minimum Gasteiger partial charge on any atom is -0.479 e. The van der Waals surface area contributed by atoms with Crippen molar-refractivity contribution in [2.24, 2.45) is 0 Å². The number of benzene rings is 1. The van der Waals surface area contributed by atoms with Gasteiger partial charge in [-0.1, -0.05) is 30.3 Å². The first-order valence-corrected chi connectivity index (χ1v) is 5.87. The summed E-state index contributed by atoms with van der Waals surface area (Å²) < 4.78 is 13.5. The van der Waals surface area contributed by atoms with Crippen LogP contribution in [-0.4, -0.2) is 45.9 Å². The van der Waals surface area contributed by atoms with Crippen LogP contribution in [0.25, 0.3) is 0 Å². The topological polar surface area (TPSA) is 60.8 Å². The largest absolute Gasteiger partial charge is 0.479 e. The van der Waals surface area contributed by atoms with Gasteiger partial charge in [0.15, 0.2) is 0 Å². The first-order valence-electron chi connectivity index (χ1n) is 5.87. The van der Waals surface area contributed by atoms with Crippen LogP contribution < -0.4 is 0 Å². The Bertz CT molecular complexity index is 426. The molecule has 0 saturated carbocycles. The van der Waals surface area contributed by atoms with Crippen LogP contribution in [-0.2, 0) is 11.3 Å². The van der Waals surface area contributed by atoms with Crippen LogP contribution in [0.5, 0.6) is 0 Å². The maximum Gasteiger partial charge on any atom is 0.341 e. The van der Waals surface area contributed by atoms with Gasteiger partial charge < -0.3 is 10.2 Å². The van der Waals surface area contributed by atoms with Gasteiger partial charge in [0.25, 0.3) is 0 Å². The molecule has 4 nitrogen and oxygen atoms in total. The number of likely N-dealkylation sites (tertiary alicyclic amines) is 1. The summed E-state index contributed by atoms with van der Waals surface area (Å²) in [5.74, 6) is -1.60. The predicted molar refractivity (Wildman–Crippen MR) is 63.8 cm³/mol. The first kappa shape index (κ1) is 13.0. The fourth-order valence-corrected chi connectivity index (χ4v) is 2.31. The van der Waals surface area contributed by atoms with Gasteiger partial charge in [0, 0.05) is 19.6 Å². The zero-order valence-corrected chi connectivity index (χ0v) is 9.92. The van der Waals surface area contributed by atoms with Gasteiger partial charge >= 0.3 is 5.97 Å². The second kappa shape index (κ2) is 5.04. The van der Waals surface area contributed by atoms with Crippen molar-refractivity contribution >= 4 is 5.97 Å². The summed E-state index contributed by atoms with van der Waals surface area (Å²) in [7, 11) is 0. The molecule has 5 heteroatoms. The maximum absolute atomic E-state index is 13.5. The third kappa shape index (κ3) is 2.68. The zero-order valence-electron chi connectivity index (χ0n) is 9.92. The average molecular weight is 253 g/mol. The minimum atomic E-state index is -2.22. The average Bonchev–Trinajstić information content (AvgIpc) is 2.72. The zero-order chi connectivity index (χ0) is 13.2. The summed E-state index contributed by atoms with van der Waals surface area (Å²) in [4.78, 5) is 12.5. The van der Waals surface area contributed by atoms with Crippen molar-refractivity contribution in [3.05, 3.63) is 35.9 Å². The van der Waals surface area contributed by atoms with E-state index in [1.54, 1.807) is 0 Å². The molecule has 1 heterocycles. The lowest BCUT2D eigenvalue weighted by Crippen LogP contribution is -2.46. The number of hydrogen-bond donors (Lipinski definition) is 2. The molecule has 2 atom stereocenters. The molecule has 1 aliphatic rings. The van der Waals surface area contributed by atoms with Gasteiger partial charge in [0.1, 0.15) is 5.60 Å². The molecule has 2 rings (SSSR count). The van der Waals surface area contributed by atoms with E-state index < -0.39 is 17.7 Å². The smallest absolute Gasteiger partial charge is 0.341 e. The second-order valence-electron chi connectivity index (χ2n) is 4.75. The van der Waals surface area contributed by atoms with Crippen LogP contribution in [0.4, 0.5) is 4.39 Å². The molecule has 0 bridgehead atoms. The molecule has 1 fully saturated rings. The van der Waals surface area contributed by atoms with E-state index in [9.17, 15) is 14.3 Å². The fraction of sp³-hybridized carbons (Fsp3) is 0.462. The Hall–Kier alpha value is -1.46. The highest BCUT2D eigenvalue weighted by Gasteiger charge is 2.47. The molecule has 1 saturated heterocycles. The predicted octanol–water partition coefficient (Wildman–Crippen LogP) is 1.05. The molecule has 98 valence electrons. The SMILES string of the molecule is O=C(O)C(F)C1(O)CCN(Cc2ccccc2)C1. The number of β-amino-alcohol motifs (C(OH)–C–C–N with tert-alkyl or cyclic N) is 1. The van der Waals surface area contributed by atoms with Crippen LogP contribution in [0, 0.1) is 0 Å². The Morgan fingerprint density at radius 1 is 1.44 bits per heavy atom. The van der Waals surface area contributed by atoms with E-state index >= 15 is 0 Å². The van der Waals surface area contributed by atoms with Gasteiger partial charge in [-0.25, -0.2) is 9.18 Å². The number of carboxylic acid groups (broad SMARTS) is 1. The van der Waals surface area contributed by atoms with E-state index in [-0.39, 0.29) is 13.0 Å². The van der Waals surface area contributed by atoms with E-state index in [0.29, 0.717) is 13.1 Å². The molecule has 18 heavy (non-hydrogen) atoms. The normalized spacial score (nSPS) is 26.1. The monoisotopic (exact) mass is 253 g/mol. The number of aliphatic carboxylic acids is 1. The van der Waals surface area contributed by atoms with Crippen molar-refractivity contribution in [2.45, 2.75) is 24.7 Å². The van der Waals surface area contributed by atoms with Crippen molar-refractivity contribution < 1.29 is 19.4 Å². The van der Waals surface area contributed by atoms with E-state index in [1.807, 2.05) is 35.2 Å². The standard InChI is InChI=1S/C13H16FNO3/c14-11(12(16)17)13(18)6-7-15(9-13)8-10-4-2-1-3-5-10/h1-5,11,18H,6-9H2,(H,16,17). The molecular formula is C13H16FNO3. The van der Waals surface area contributed by atoms with Gasteiger partial charge in [0.2, 0.25) is 6.17 Å². The molecule has 0 aliphatic carbocycles. The van der Waals surface area contributed by atoms with E-state index in [2.05, 4.69) is 0 Å². The van der Waals surface area contributed by atoms with E-state index in [4.69, 9.17) is 5.11 Å². The van der Waals surface area contributed by atoms with Gasteiger partial charge in [-0.3, -0.25) is 4.90 Å². The van der Waals surface area contributed by atoms with Crippen LogP contribution in [0.3, 0.4) is 0 Å². The summed E-state index contributed by atoms with van der Waals surface area (Å²) in [5.41, 5.74) is -0.701. The molecule has 0 radical (unpaired) electrons. The summed E-state index contributed by atoms with van der Waals surface area (Å²) >= 11 is 0. The third-order valence-electron chi connectivity index (χ3n) is 3.30. The number of carbonyl (C=O) groups is 1. The van der Waals surface area contributed by atoms with E-state index in [0.717, 1.165) is 5.56 Å². The quantitative estimate of drug-likeness (QED) is 0.842. The fourth-order valence-electron chi connectivity index (χ4n) is 2.31. The molecule has 1 aromatic carbocycles. The summed E-state index contributed by atoms with van der Waals surface area (Å²) in [6.45, 7) is 1.14. The first-order chi connectivity index (χ1) is 8.51. The Labute approximate surface area is 105 Å². The van der Waals surface area contributed by atoms with Crippen LogP contribution in [0.15, 0.2) is 30.3 Å². The lowest BCUT2D eigenvalue weighted by molar-refractivity contribution is -0.153. The van der Waals surface area contributed by atoms with Gasteiger partial charge in [-0.15, -0.1) is 0 Å². The molecule has 2 N–H and O–H groups in total. The third-order valence-corrected chi connectivity index (χ3v) is 3.30. The number of nitrogens with zero attached hydrogens (tertiary/aromatic N) is 1. The van der Waals surface area contributed by atoms with E-state index in [1.165, 1.54) is 0 Å². The van der Waals surface area contributed by atoms with Crippen LogP contribution in [0.1, 0.15) is 12.0 Å². The lowest BCUT2D eigenvalue weighted by atomic mass is 9.97.